The molecule has 0 atom stereocenters. The zero-order valence-corrected chi connectivity index (χ0v) is 11.2. The molecule has 1 N–H and O–H groups in total. The lowest BCUT2D eigenvalue weighted by molar-refractivity contribution is 0.102. The largest absolute Gasteiger partial charge is 0.408 e. The normalized spacial score (nSPS) is 16.0. The van der Waals surface area contributed by atoms with E-state index in [1.54, 1.807) is 12.1 Å². The van der Waals surface area contributed by atoms with Gasteiger partial charge in [-0.2, -0.15) is 0 Å². The molecule has 0 spiro atoms. The number of nitrogens with one attached hydrogen (secondary N) is 1. The average molecular weight is 271 g/mol. The van der Waals surface area contributed by atoms with Crippen LogP contribution in [0.15, 0.2) is 34.7 Å². The Bertz CT molecular complexity index is 574. The van der Waals surface area contributed by atoms with E-state index in [0.29, 0.717) is 17.4 Å². The Morgan fingerprint density at radius 2 is 1.85 bits per heavy atom. The predicted molar refractivity (Wildman–Crippen MR) is 74.5 cm³/mol. The van der Waals surface area contributed by atoms with Crippen molar-refractivity contribution >= 4 is 11.9 Å². The average Bonchev–Trinajstić information content (AvgIpc) is 2.97. The summed E-state index contributed by atoms with van der Waals surface area (Å²) < 4.78 is 5.56. The van der Waals surface area contributed by atoms with Crippen LogP contribution in [0.2, 0.25) is 0 Å². The standard InChI is InChI=1S/C15H17N3O2/c19-13(11-7-3-1-4-8-11)16-15-18-17-14(20-15)12-9-5-2-6-10-12/h1,3-4,7-8,12H,2,5-6,9-10H2,(H,16,18,19). The Labute approximate surface area is 117 Å². The molecule has 1 aromatic carbocycles. The van der Waals surface area contributed by atoms with Crippen LogP contribution in [0.1, 0.15) is 54.3 Å². The summed E-state index contributed by atoms with van der Waals surface area (Å²) in [5.74, 6) is 0.760. The van der Waals surface area contributed by atoms with Gasteiger partial charge in [0.1, 0.15) is 0 Å². The van der Waals surface area contributed by atoms with Crippen LogP contribution in [-0.2, 0) is 0 Å². The fourth-order valence-electron chi connectivity index (χ4n) is 2.56. The molecular formula is C15H17N3O2. The highest BCUT2D eigenvalue weighted by molar-refractivity contribution is 6.02. The number of carbonyl (C=O) groups excluding carboxylic acids is 1. The first-order chi connectivity index (χ1) is 9.83. The quantitative estimate of drug-likeness (QED) is 0.929. The van der Waals surface area contributed by atoms with Gasteiger partial charge in [-0.1, -0.05) is 42.6 Å². The van der Waals surface area contributed by atoms with E-state index >= 15 is 0 Å². The SMILES string of the molecule is O=C(Nc1nnc(C2CCCCC2)o1)c1ccccc1. The Morgan fingerprint density at radius 1 is 1.10 bits per heavy atom. The minimum atomic E-state index is -0.232. The second-order valence-electron chi connectivity index (χ2n) is 5.10. The van der Waals surface area contributed by atoms with Gasteiger partial charge in [-0.05, 0) is 25.0 Å². The van der Waals surface area contributed by atoms with Gasteiger partial charge >= 0.3 is 6.01 Å². The van der Waals surface area contributed by atoms with Crippen LogP contribution in [-0.4, -0.2) is 16.1 Å². The van der Waals surface area contributed by atoms with E-state index in [4.69, 9.17) is 4.42 Å². The monoisotopic (exact) mass is 271 g/mol. The summed E-state index contributed by atoms with van der Waals surface area (Å²) in [7, 11) is 0. The summed E-state index contributed by atoms with van der Waals surface area (Å²) in [4.78, 5) is 12.0. The maximum atomic E-state index is 12.0. The van der Waals surface area contributed by atoms with Crippen molar-refractivity contribution in [3.05, 3.63) is 41.8 Å². The van der Waals surface area contributed by atoms with Crippen molar-refractivity contribution in [2.24, 2.45) is 0 Å². The number of hydrogen-bond donors (Lipinski definition) is 1. The molecule has 1 fully saturated rings. The number of hydrogen-bond acceptors (Lipinski definition) is 4. The molecule has 1 aliphatic rings. The van der Waals surface area contributed by atoms with Crippen molar-refractivity contribution < 1.29 is 9.21 Å². The Hall–Kier alpha value is -2.17. The third-order valence-corrected chi connectivity index (χ3v) is 3.65. The van der Waals surface area contributed by atoms with Crippen molar-refractivity contribution in [2.75, 3.05) is 5.32 Å². The zero-order chi connectivity index (χ0) is 13.8. The lowest BCUT2D eigenvalue weighted by Crippen LogP contribution is -2.11. The van der Waals surface area contributed by atoms with Crippen LogP contribution < -0.4 is 5.32 Å². The molecule has 2 aromatic rings. The molecule has 5 nitrogen and oxygen atoms in total. The first-order valence-corrected chi connectivity index (χ1v) is 7.03. The zero-order valence-electron chi connectivity index (χ0n) is 11.2. The molecule has 104 valence electrons. The van der Waals surface area contributed by atoms with Crippen LogP contribution in [0.3, 0.4) is 0 Å². The third kappa shape index (κ3) is 2.87. The van der Waals surface area contributed by atoms with Gasteiger partial charge in [0.25, 0.3) is 5.91 Å². The van der Waals surface area contributed by atoms with Crippen molar-refractivity contribution in [3.63, 3.8) is 0 Å². The molecule has 0 radical (unpaired) electrons. The number of carbonyl (C=O) groups is 1. The molecule has 3 rings (SSSR count). The van der Waals surface area contributed by atoms with E-state index in [9.17, 15) is 4.79 Å². The summed E-state index contributed by atoms with van der Waals surface area (Å²) in [6.07, 6.45) is 5.88. The smallest absolute Gasteiger partial charge is 0.322 e. The maximum absolute atomic E-state index is 12.0. The van der Waals surface area contributed by atoms with Crippen LogP contribution in [0.4, 0.5) is 6.01 Å². The number of anilines is 1. The fraction of sp³-hybridized carbons (Fsp3) is 0.400. The van der Waals surface area contributed by atoms with Crippen LogP contribution in [0.5, 0.6) is 0 Å². The molecular weight excluding hydrogens is 254 g/mol. The molecule has 1 heterocycles. The van der Waals surface area contributed by atoms with Gasteiger partial charge in [-0.3, -0.25) is 10.1 Å². The van der Waals surface area contributed by atoms with E-state index in [1.807, 2.05) is 18.2 Å². The molecule has 20 heavy (non-hydrogen) atoms. The third-order valence-electron chi connectivity index (χ3n) is 3.65. The molecule has 0 bridgehead atoms. The number of amides is 1. The topological polar surface area (TPSA) is 68.0 Å². The van der Waals surface area contributed by atoms with Gasteiger partial charge in [0.05, 0.1) is 0 Å². The van der Waals surface area contributed by atoms with Crippen molar-refractivity contribution in [2.45, 2.75) is 38.0 Å². The van der Waals surface area contributed by atoms with E-state index < -0.39 is 0 Å². The summed E-state index contributed by atoms with van der Waals surface area (Å²) >= 11 is 0. The summed E-state index contributed by atoms with van der Waals surface area (Å²) in [5, 5.41) is 10.6. The molecule has 1 aliphatic carbocycles. The lowest BCUT2D eigenvalue weighted by Gasteiger charge is -2.17. The fourth-order valence-corrected chi connectivity index (χ4v) is 2.56. The van der Waals surface area contributed by atoms with Crippen molar-refractivity contribution in [1.82, 2.24) is 10.2 Å². The molecule has 1 aromatic heterocycles. The van der Waals surface area contributed by atoms with Gasteiger partial charge < -0.3 is 4.42 Å². The number of aromatic nitrogens is 2. The maximum Gasteiger partial charge on any atom is 0.322 e. The molecule has 5 heteroatoms. The van der Waals surface area contributed by atoms with Gasteiger partial charge in [-0.15, -0.1) is 5.10 Å². The number of benzene rings is 1. The van der Waals surface area contributed by atoms with Gasteiger partial charge in [-0.25, -0.2) is 0 Å². The van der Waals surface area contributed by atoms with Crippen LogP contribution >= 0.6 is 0 Å². The molecule has 0 saturated heterocycles. The second-order valence-corrected chi connectivity index (χ2v) is 5.10. The summed E-state index contributed by atoms with van der Waals surface area (Å²) in [6.45, 7) is 0. The van der Waals surface area contributed by atoms with Gasteiger partial charge in [0, 0.05) is 11.5 Å². The minimum absolute atomic E-state index is 0.180. The van der Waals surface area contributed by atoms with E-state index in [2.05, 4.69) is 15.5 Å². The number of rotatable bonds is 3. The predicted octanol–water partition coefficient (Wildman–Crippen LogP) is 3.37. The molecule has 0 aliphatic heterocycles. The second kappa shape index (κ2) is 5.86. The van der Waals surface area contributed by atoms with E-state index in [0.717, 1.165) is 12.8 Å². The Balaban J connectivity index is 1.66. The summed E-state index contributed by atoms with van der Waals surface area (Å²) in [5.41, 5.74) is 0.574. The first kappa shape index (κ1) is 12.8. The van der Waals surface area contributed by atoms with Crippen LogP contribution in [0, 0.1) is 0 Å². The van der Waals surface area contributed by atoms with Gasteiger partial charge in [0.2, 0.25) is 5.89 Å². The van der Waals surface area contributed by atoms with Crippen molar-refractivity contribution in [1.29, 1.82) is 0 Å². The lowest BCUT2D eigenvalue weighted by atomic mass is 9.89. The number of nitrogens with zero attached hydrogens (tertiary/aromatic N) is 2. The molecule has 1 saturated carbocycles. The van der Waals surface area contributed by atoms with Crippen LogP contribution in [0.25, 0.3) is 0 Å². The highest BCUT2D eigenvalue weighted by Crippen LogP contribution is 2.32. The summed E-state index contributed by atoms with van der Waals surface area (Å²) in [6, 6.07) is 9.16. The first-order valence-electron chi connectivity index (χ1n) is 7.03. The van der Waals surface area contributed by atoms with E-state index in [-0.39, 0.29) is 11.9 Å². The van der Waals surface area contributed by atoms with Crippen molar-refractivity contribution in [3.8, 4) is 0 Å². The van der Waals surface area contributed by atoms with Gasteiger partial charge in [0.15, 0.2) is 0 Å². The highest BCUT2D eigenvalue weighted by Gasteiger charge is 2.21. The Morgan fingerprint density at radius 3 is 2.60 bits per heavy atom. The van der Waals surface area contributed by atoms with E-state index in [1.165, 1.54) is 19.3 Å². The molecule has 0 unspecified atom stereocenters. The molecule has 1 amide bonds. The minimum Gasteiger partial charge on any atom is -0.408 e. The Kier molecular flexibility index (Phi) is 3.76. The highest BCUT2D eigenvalue weighted by atomic mass is 16.4.